The van der Waals surface area contributed by atoms with E-state index in [9.17, 15) is 9.59 Å². The molecule has 0 atom stereocenters. The highest BCUT2D eigenvalue weighted by atomic mass is 35.5. The third kappa shape index (κ3) is 4.98. The van der Waals surface area contributed by atoms with Crippen LogP contribution in [0, 0.1) is 6.92 Å². The first-order chi connectivity index (χ1) is 11.4. The van der Waals surface area contributed by atoms with Crippen molar-refractivity contribution >= 4 is 46.4 Å². The number of hydrogen-bond donors (Lipinski definition) is 1. The minimum Gasteiger partial charge on any atom is -0.326 e. The van der Waals surface area contributed by atoms with Crippen LogP contribution in [0.3, 0.4) is 0 Å². The summed E-state index contributed by atoms with van der Waals surface area (Å²) in [5.74, 6) is -0.341. The van der Waals surface area contributed by atoms with E-state index in [1.165, 1.54) is 11.8 Å². The second kappa shape index (κ2) is 8.18. The van der Waals surface area contributed by atoms with Gasteiger partial charge >= 0.3 is 0 Å². The van der Waals surface area contributed by atoms with Crippen LogP contribution in [0.25, 0.3) is 0 Å². The van der Waals surface area contributed by atoms with Crippen LogP contribution >= 0.6 is 23.2 Å². The molecule has 0 bridgehead atoms. The lowest BCUT2D eigenvalue weighted by molar-refractivity contribution is -0.117. The number of carbonyl (C=O) groups is 2. The highest BCUT2D eigenvalue weighted by molar-refractivity contribution is 6.31. The first kappa shape index (κ1) is 18.3. The van der Waals surface area contributed by atoms with E-state index in [4.69, 9.17) is 23.2 Å². The standard InChI is InChI=1S/C18H18Cl2N2O2/c1-12-6-7-16(11-17(12)20)22(13(2)23)9-8-18(24)21-15-5-3-4-14(19)10-15/h3-7,10-11H,8-9H2,1-2H3,(H,21,24). The first-order valence-corrected chi connectivity index (χ1v) is 8.22. The molecule has 0 aliphatic rings. The summed E-state index contributed by atoms with van der Waals surface area (Å²) in [6.07, 6.45) is 0.164. The van der Waals surface area contributed by atoms with Gasteiger partial charge in [0.2, 0.25) is 11.8 Å². The normalized spacial score (nSPS) is 10.3. The Bertz CT molecular complexity index is 762. The van der Waals surface area contributed by atoms with E-state index in [2.05, 4.69) is 5.32 Å². The molecule has 2 amide bonds. The summed E-state index contributed by atoms with van der Waals surface area (Å²) < 4.78 is 0. The smallest absolute Gasteiger partial charge is 0.226 e. The zero-order chi connectivity index (χ0) is 17.7. The molecule has 0 heterocycles. The number of amides is 2. The Morgan fingerprint density at radius 1 is 1.12 bits per heavy atom. The molecule has 4 nitrogen and oxygen atoms in total. The van der Waals surface area contributed by atoms with E-state index in [1.807, 2.05) is 19.1 Å². The molecule has 0 spiro atoms. The number of halogens is 2. The first-order valence-electron chi connectivity index (χ1n) is 7.46. The van der Waals surface area contributed by atoms with E-state index in [0.29, 0.717) is 21.4 Å². The third-order valence-electron chi connectivity index (χ3n) is 3.52. The fraction of sp³-hybridized carbons (Fsp3) is 0.222. The average molecular weight is 365 g/mol. The summed E-state index contributed by atoms with van der Waals surface area (Å²) in [7, 11) is 0. The minimum atomic E-state index is -0.193. The van der Waals surface area contributed by atoms with Crippen LogP contribution in [0.1, 0.15) is 18.9 Å². The Hall–Kier alpha value is -2.04. The van der Waals surface area contributed by atoms with E-state index < -0.39 is 0 Å². The van der Waals surface area contributed by atoms with Crippen LogP contribution < -0.4 is 10.2 Å². The van der Waals surface area contributed by atoms with Gasteiger partial charge in [-0.05, 0) is 42.8 Å². The molecule has 0 radical (unpaired) electrons. The number of carbonyl (C=O) groups excluding carboxylic acids is 2. The molecule has 0 saturated carbocycles. The molecule has 0 saturated heterocycles. The van der Waals surface area contributed by atoms with Crippen molar-refractivity contribution in [2.24, 2.45) is 0 Å². The monoisotopic (exact) mass is 364 g/mol. The van der Waals surface area contributed by atoms with Gasteiger partial charge in [-0.2, -0.15) is 0 Å². The molecule has 126 valence electrons. The molecule has 2 rings (SSSR count). The molecular formula is C18H18Cl2N2O2. The molecule has 2 aromatic rings. The van der Waals surface area contributed by atoms with Crippen LogP contribution in [-0.4, -0.2) is 18.4 Å². The third-order valence-corrected chi connectivity index (χ3v) is 4.16. The van der Waals surface area contributed by atoms with Crippen LogP contribution in [-0.2, 0) is 9.59 Å². The zero-order valence-electron chi connectivity index (χ0n) is 13.5. The summed E-state index contributed by atoms with van der Waals surface area (Å²) in [5, 5.41) is 3.90. The molecule has 1 N–H and O–H groups in total. The van der Waals surface area contributed by atoms with Crippen molar-refractivity contribution in [2.45, 2.75) is 20.3 Å². The Morgan fingerprint density at radius 2 is 1.88 bits per heavy atom. The molecular weight excluding hydrogens is 347 g/mol. The molecule has 0 aliphatic heterocycles. The van der Waals surface area contributed by atoms with Gasteiger partial charge < -0.3 is 10.2 Å². The van der Waals surface area contributed by atoms with Crippen molar-refractivity contribution in [3.63, 3.8) is 0 Å². The lowest BCUT2D eigenvalue weighted by Crippen LogP contribution is -2.32. The van der Waals surface area contributed by atoms with Crippen LogP contribution in [0.15, 0.2) is 42.5 Å². The van der Waals surface area contributed by atoms with Crippen LogP contribution in [0.5, 0.6) is 0 Å². The van der Waals surface area contributed by atoms with Crippen molar-refractivity contribution in [3.8, 4) is 0 Å². The van der Waals surface area contributed by atoms with Gasteiger partial charge in [0.15, 0.2) is 0 Å². The SMILES string of the molecule is CC(=O)N(CCC(=O)Nc1cccc(Cl)c1)c1ccc(C)c(Cl)c1. The fourth-order valence-electron chi connectivity index (χ4n) is 2.22. The highest BCUT2D eigenvalue weighted by Gasteiger charge is 2.14. The van der Waals surface area contributed by atoms with Crippen molar-refractivity contribution in [1.29, 1.82) is 0 Å². The van der Waals surface area contributed by atoms with Gasteiger partial charge in [-0.25, -0.2) is 0 Å². The number of nitrogens with one attached hydrogen (secondary N) is 1. The van der Waals surface area contributed by atoms with E-state index in [-0.39, 0.29) is 24.8 Å². The quantitative estimate of drug-likeness (QED) is 0.836. The number of nitrogens with zero attached hydrogens (tertiary/aromatic N) is 1. The summed E-state index contributed by atoms with van der Waals surface area (Å²) >= 11 is 12.0. The van der Waals surface area contributed by atoms with Crippen molar-refractivity contribution in [3.05, 3.63) is 58.1 Å². The van der Waals surface area contributed by atoms with E-state index in [1.54, 1.807) is 30.3 Å². The molecule has 6 heteroatoms. The lowest BCUT2D eigenvalue weighted by Gasteiger charge is -2.21. The van der Waals surface area contributed by atoms with Gasteiger partial charge in [0, 0.05) is 41.3 Å². The Kier molecular flexibility index (Phi) is 6.23. The van der Waals surface area contributed by atoms with E-state index in [0.717, 1.165) is 5.56 Å². The largest absolute Gasteiger partial charge is 0.326 e. The van der Waals surface area contributed by atoms with Gasteiger partial charge in [-0.1, -0.05) is 35.3 Å². The maximum atomic E-state index is 12.1. The molecule has 0 aromatic heterocycles. The second-order valence-corrected chi connectivity index (χ2v) is 6.26. The summed E-state index contributed by atoms with van der Waals surface area (Å²) in [6.45, 7) is 3.62. The summed E-state index contributed by atoms with van der Waals surface area (Å²) in [5.41, 5.74) is 2.23. The van der Waals surface area contributed by atoms with Crippen LogP contribution in [0.4, 0.5) is 11.4 Å². The number of aryl methyl sites for hydroxylation is 1. The maximum absolute atomic E-state index is 12.1. The fourth-order valence-corrected chi connectivity index (χ4v) is 2.59. The Morgan fingerprint density at radius 3 is 2.50 bits per heavy atom. The lowest BCUT2D eigenvalue weighted by atomic mass is 10.2. The average Bonchev–Trinajstić information content (AvgIpc) is 2.50. The van der Waals surface area contributed by atoms with Gasteiger partial charge in [-0.15, -0.1) is 0 Å². The predicted molar refractivity (Wildman–Crippen MR) is 98.9 cm³/mol. The number of benzene rings is 2. The highest BCUT2D eigenvalue weighted by Crippen LogP contribution is 2.23. The minimum absolute atomic E-state index is 0.148. The van der Waals surface area contributed by atoms with Gasteiger partial charge in [0.25, 0.3) is 0 Å². The number of hydrogen-bond acceptors (Lipinski definition) is 2. The zero-order valence-corrected chi connectivity index (χ0v) is 15.0. The van der Waals surface area contributed by atoms with Crippen LogP contribution in [0.2, 0.25) is 10.0 Å². The molecule has 24 heavy (non-hydrogen) atoms. The molecule has 0 fully saturated rings. The Balaban J connectivity index is 2.02. The van der Waals surface area contributed by atoms with Crippen molar-refractivity contribution < 1.29 is 9.59 Å². The van der Waals surface area contributed by atoms with Gasteiger partial charge in [-0.3, -0.25) is 9.59 Å². The molecule has 2 aromatic carbocycles. The number of rotatable bonds is 5. The number of anilines is 2. The second-order valence-electron chi connectivity index (χ2n) is 5.41. The van der Waals surface area contributed by atoms with Gasteiger partial charge in [0.1, 0.15) is 0 Å². The molecule has 0 aliphatic carbocycles. The summed E-state index contributed by atoms with van der Waals surface area (Å²) in [4.78, 5) is 25.5. The van der Waals surface area contributed by atoms with Crippen molar-refractivity contribution in [2.75, 3.05) is 16.8 Å². The predicted octanol–water partition coefficient (Wildman–Crippen LogP) is 4.68. The summed E-state index contributed by atoms with van der Waals surface area (Å²) in [6, 6.07) is 12.3. The van der Waals surface area contributed by atoms with Crippen molar-refractivity contribution in [1.82, 2.24) is 0 Å². The van der Waals surface area contributed by atoms with E-state index >= 15 is 0 Å². The maximum Gasteiger partial charge on any atom is 0.226 e. The molecule has 0 unspecified atom stereocenters. The Labute approximate surface area is 151 Å². The van der Waals surface area contributed by atoms with Gasteiger partial charge in [0.05, 0.1) is 0 Å². The topological polar surface area (TPSA) is 49.4 Å².